The van der Waals surface area contributed by atoms with E-state index in [9.17, 15) is 22.4 Å². The Morgan fingerprint density at radius 2 is 1.88 bits per heavy atom. The molecular weight excluding hydrogens is 375 g/mol. The third kappa shape index (κ3) is 4.99. The summed E-state index contributed by atoms with van der Waals surface area (Å²) in [5.74, 6) is -2.64. The number of carbonyl (C=O) groups excluding carboxylic acids is 1. The van der Waals surface area contributed by atoms with Crippen molar-refractivity contribution in [2.24, 2.45) is 0 Å². The zero-order valence-electron chi connectivity index (χ0n) is 12.5. The Balaban J connectivity index is 2.03. The number of anilines is 1. The first kappa shape index (κ1) is 18.8. The van der Waals surface area contributed by atoms with Crippen molar-refractivity contribution in [1.82, 2.24) is 4.72 Å². The largest absolute Gasteiger partial charge is 0.478 e. The number of amides is 1. The zero-order valence-corrected chi connectivity index (χ0v) is 14.1. The maximum atomic E-state index is 13.0. The molecule has 2 aromatic carbocycles. The first-order chi connectivity index (χ1) is 11.7. The number of sulfonamides is 1. The van der Waals surface area contributed by atoms with Gasteiger partial charge in [0.05, 0.1) is 22.0 Å². The fourth-order valence-electron chi connectivity index (χ4n) is 1.82. The van der Waals surface area contributed by atoms with Crippen LogP contribution in [0.3, 0.4) is 0 Å². The average Bonchev–Trinajstić information content (AvgIpc) is 2.56. The van der Waals surface area contributed by atoms with E-state index in [1.807, 2.05) is 4.72 Å². The van der Waals surface area contributed by atoms with Crippen LogP contribution < -0.4 is 10.0 Å². The molecule has 0 aliphatic heterocycles. The summed E-state index contributed by atoms with van der Waals surface area (Å²) in [6.45, 7) is -0.603. The van der Waals surface area contributed by atoms with Gasteiger partial charge in [-0.2, -0.15) is 0 Å². The summed E-state index contributed by atoms with van der Waals surface area (Å²) in [6.07, 6.45) is 0. The van der Waals surface area contributed by atoms with Gasteiger partial charge in [-0.15, -0.1) is 0 Å². The smallest absolute Gasteiger partial charge is 0.335 e. The van der Waals surface area contributed by atoms with Crippen LogP contribution in [0.25, 0.3) is 0 Å². The molecule has 0 aliphatic rings. The van der Waals surface area contributed by atoms with Crippen molar-refractivity contribution in [2.75, 3.05) is 11.9 Å². The van der Waals surface area contributed by atoms with E-state index in [1.165, 1.54) is 30.3 Å². The molecule has 7 nitrogen and oxygen atoms in total. The molecule has 0 fully saturated rings. The fourth-order valence-corrected chi connectivity index (χ4v) is 3.03. The Morgan fingerprint density at radius 3 is 2.52 bits per heavy atom. The van der Waals surface area contributed by atoms with Gasteiger partial charge in [-0.3, -0.25) is 4.79 Å². The lowest BCUT2D eigenvalue weighted by Crippen LogP contribution is -2.33. The van der Waals surface area contributed by atoms with Crippen LogP contribution in [0, 0.1) is 5.82 Å². The van der Waals surface area contributed by atoms with Crippen molar-refractivity contribution < 1.29 is 27.5 Å². The maximum Gasteiger partial charge on any atom is 0.335 e. The molecule has 132 valence electrons. The number of hydrogen-bond acceptors (Lipinski definition) is 4. The van der Waals surface area contributed by atoms with E-state index in [0.717, 1.165) is 12.1 Å². The molecule has 0 saturated carbocycles. The Bertz CT molecular complexity index is 933. The lowest BCUT2D eigenvalue weighted by Gasteiger charge is -2.09. The lowest BCUT2D eigenvalue weighted by atomic mass is 10.2. The molecular formula is C15H12ClFN2O5S. The molecule has 2 rings (SSSR count). The number of aromatic carboxylic acids is 1. The normalized spacial score (nSPS) is 11.1. The Morgan fingerprint density at radius 1 is 1.16 bits per heavy atom. The van der Waals surface area contributed by atoms with Crippen LogP contribution in [0.4, 0.5) is 10.1 Å². The predicted molar refractivity (Wildman–Crippen MR) is 88.6 cm³/mol. The molecule has 3 N–H and O–H groups in total. The third-order valence-electron chi connectivity index (χ3n) is 3.02. The highest BCUT2D eigenvalue weighted by Crippen LogP contribution is 2.19. The summed E-state index contributed by atoms with van der Waals surface area (Å²) in [5, 5.41) is 11.0. The number of hydrogen-bond donors (Lipinski definition) is 3. The number of carbonyl (C=O) groups is 2. The first-order valence-electron chi connectivity index (χ1n) is 6.77. The van der Waals surface area contributed by atoms with Gasteiger partial charge in [0.1, 0.15) is 5.82 Å². The van der Waals surface area contributed by atoms with Gasteiger partial charge in [-0.25, -0.2) is 22.3 Å². The van der Waals surface area contributed by atoms with Crippen molar-refractivity contribution in [1.29, 1.82) is 0 Å². The molecule has 1 amide bonds. The molecule has 0 bridgehead atoms. The molecule has 2 aromatic rings. The second-order valence-corrected chi connectivity index (χ2v) is 7.01. The van der Waals surface area contributed by atoms with Crippen LogP contribution in [0.1, 0.15) is 10.4 Å². The van der Waals surface area contributed by atoms with Crippen LogP contribution >= 0.6 is 11.6 Å². The number of nitrogens with one attached hydrogen (secondary N) is 2. The van der Waals surface area contributed by atoms with Gasteiger partial charge < -0.3 is 10.4 Å². The molecule has 10 heteroatoms. The van der Waals surface area contributed by atoms with Gasteiger partial charge in [0.2, 0.25) is 15.9 Å². The average molecular weight is 387 g/mol. The van der Waals surface area contributed by atoms with Gasteiger partial charge in [0.15, 0.2) is 0 Å². The van der Waals surface area contributed by atoms with E-state index < -0.39 is 34.3 Å². The second kappa shape index (κ2) is 7.60. The van der Waals surface area contributed by atoms with Gasteiger partial charge in [0, 0.05) is 5.69 Å². The molecule has 0 atom stereocenters. The summed E-state index contributed by atoms with van der Waals surface area (Å²) in [4.78, 5) is 22.4. The number of carboxylic acid groups (broad SMARTS) is 1. The molecule has 0 spiro atoms. The van der Waals surface area contributed by atoms with E-state index in [0.29, 0.717) is 0 Å². The minimum atomic E-state index is -4.08. The highest BCUT2D eigenvalue weighted by Gasteiger charge is 2.17. The Labute approximate surface area is 147 Å². The van der Waals surface area contributed by atoms with Gasteiger partial charge in [-0.1, -0.05) is 17.7 Å². The summed E-state index contributed by atoms with van der Waals surface area (Å²) in [6, 6.07) is 8.20. The van der Waals surface area contributed by atoms with Crippen LogP contribution in [-0.2, 0) is 14.8 Å². The monoisotopic (exact) mass is 386 g/mol. The maximum absolute atomic E-state index is 13.0. The van der Waals surface area contributed by atoms with Crippen molar-refractivity contribution in [2.45, 2.75) is 4.90 Å². The van der Waals surface area contributed by atoms with E-state index in [-0.39, 0.29) is 21.2 Å². The topological polar surface area (TPSA) is 113 Å². The molecule has 0 unspecified atom stereocenters. The van der Waals surface area contributed by atoms with Crippen molar-refractivity contribution in [3.05, 3.63) is 58.9 Å². The van der Waals surface area contributed by atoms with Gasteiger partial charge in [-0.05, 0) is 36.4 Å². The standard InChI is InChI=1S/C15H12ClFN2O5S/c16-12-7-10(4-5-13(12)17)19-14(20)8-18-25(23,24)11-3-1-2-9(6-11)15(21)22/h1-7,18H,8H2,(H,19,20)(H,21,22). The molecule has 0 aliphatic carbocycles. The minimum Gasteiger partial charge on any atom is -0.478 e. The van der Waals surface area contributed by atoms with Crippen LogP contribution in [0.5, 0.6) is 0 Å². The van der Waals surface area contributed by atoms with E-state index in [2.05, 4.69) is 5.32 Å². The third-order valence-corrected chi connectivity index (χ3v) is 4.71. The number of benzene rings is 2. The number of rotatable bonds is 6. The molecule has 0 aromatic heterocycles. The van der Waals surface area contributed by atoms with Crippen molar-refractivity contribution in [3.8, 4) is 0 Å². The van der Waals surface area contributed by atoms with Crippen molar-refractivity contribution in [3.63, 3.8) is 0 Å². The summed E-state index contributed by atoms with van der Waals surface area (Å²) < 4.78 is 39.3. The van der Waals surface area contributed by atoms with E-state index >= 15 is 0 Å². The van der Waals surface area contributed by atoms with E-state index in [1.54, 1.807) is 0 Å². The summed E-state index contributed by atoms with van der Waals surface area (Å²) in [5.41, 5.74) is -0.00301. The van der Waals surface area contributed by atoms with E-state index in [4.69, 9.17) is 16.7 Å². The Hall–Kier alpha value is -2.49. The molecule has 0 saturated heterocycles. The van der Waals surface area contributed by atoms with Gasteiger partial charge in [0.25, 0.3) is 0 Å². The SMILES string of the molecule is O=C(CNS(=O)(=O)c1cccc(C(=O)O)c1)Nc1ccc(F)c(Cl)c1. The molecule has 0 heterocycles. The quantitative estimate of drug-likeness (QED) is 0.703. The predicted octanol–water partition coefficient (Wildman–Crippen LogP) is 2.09. The minimum absolute atomic E-state index is 0.191. The van der Waals surface area contributed by atoms with Crippen molar-refractivity contribution >= 4 is 39.2 Å². The fraction of sp³-hybridized carbons (Fsp3) is 0.0667. The van der Waals surface area contributed by atoms with Crippen LogP contribution in [0.2, 0.25) is 5.02 Å². The number of carboxylic acids is 1. The summed E-state index contributed by atoms with van der Waals surface area (Å²) in [7, 11) is -4.08. The van der Waals surface area contributed by atoms with Crippen LogP contribution in [0.15, 0.2) is 47.4 Å². The highest BCUT2D eigenvalue weighted by atomic mass is 35.5. The number of halogens is 2. The second-order valence-electron chi connectivity index (χ2n) is 4.83. The highest BCUT2D eigenvalue weighted by molar-refractivity contribution is 7.89. The molecule has 0 radical (unpaired) electrons. The molecule has 25 heavy (non-hydrogen) atoms. The van der Waals surface area contributed by atoms with Crippen LogP contribution in [-0.4, -0.2) is 31.9 Å². The lowest BCUT2D eigenvalue weighted by molar-refractivity contribution is -0.115. The van der Waals surface area contributed by atoms with Gasteiger partial charge >= 0.3 is 5.97 Å². The summed E-state index contributed by atoms with van der Waals surface area (Å²) >= 11 is 5.58. The first-order valence-corrected chi connectivity index (χ1v) is 8.63. The zero-order chi connectivity index (χ0) is 18.6. The Kier molecular flexibility index (Phi) is 5.73.